The molecule has 0 unspecified atom stereocenters. The second-order valence-electron chi connectivity index (χ2n) is 36.0. The summed E-state index contributed by atoms with van der Waals surface area (Å²) in [5.41, 5.74) is 0. The van der Waals surface area contributed by atoms with Crippen LogP contribution in [0.4, 0.5) is 0 Å². The molecule has 0 aromatic heterocycles. The smallest absolute Gasteiger partial charge is 0.364 e. The Hall–Kier alpha value is -4.94. The van der Waals surface area contributed by atoms with Gasteiger partial charge in [-0.15, -0.1) is 0 Å². The normalized spacial score (nSPS) is 34.1. The number of unbranched alkanes of at least 4 members (excludes halogenated alkanes) is 28. The minimum Gasteiger partial charge on any atom is -0.477 e. The van der Waals surface area contributed by atoms with Crippen LogP contribution < -0.4 is 21.3 Å². The van der Waals surface area contributed by atoms with Crippen LogP contribution >= 0.6 is 0 Å². The molecule has 6 rings (SSSR count). The molecule has 6 heterocycles. The van der Waals surface area contributed by atoms with E-state index in [0.29, 0.717) is 12.8 Å². The van der Waals surface area contributed by atoms with Crippen molar-refractivity contribution >= 4 is 35.6 Å². The first kappa shape index (κ1) is 117. The number of amides is 4. The summed E-state index contributed by atoms with van der Waals surface area (Å²) in [4.78, 5) is 79.7. The van der Waals surface area contributed by atoms with E-state index in [4.69, 9.17) is 56.8 Å². The third-order valence-electron chi connectivity index (χ3n) is 25.2. The summed E-state index contributed by atoms with van der Waals surface area (Å²) in [7, 11) is 0. The molecule has 0 spiro atoms. The molecule has 34 atom stereocenters. The minimum atomic E-state index is -3.50. The number of ether oxygens (including phenoxy) is 12. The third-order valence-corrected chi connectivity index (χ3v) is 25.2. The van der Waals surface area contributed by atoms with Crippen LogP contribution in [0.3, 0.4) is 0 Å². The Morgan fingerprint density at radius 3 is 1.17 bits per heavy atom. The Kier molecular flexibility index (Phi) is 53.5. The van der Waals surface area contributed by atoms with Crippen molar-refractivity contribution < 1.29 is 193 Å². The molecule has 4 amide bonds. The Balaban J connectivity index is 1.26. The van der Waals surface area contributed by atoms with Crippen molar-refractivity contribution in [2.75, 3.05) is 46.2 Å². The molecule has 43 nitrogen and oxygen atoms in total. The summed E-state index contributed by atoms with van der Waals surface area (Å²) in [6, 6.07) is -6.95. The number of hydrogen-bond donors (Lipinski definition) is 25. The number of aliphatic carboxylic acids is 2. The molecule has 43 heteroatoms. The second-order valence-corrected chi connectivity index (χ2v) is 36.0. The largest absolute Gasteiger partial charge is 0.477 e. The van der Waals surface area contributed by atoms with Crippen molar-refractivity contribution in [3.05, 3.63) is 24.3 Å². The minimum absolute atomic E-state index is 0.0912. The summed E-state index contributed by atoms with van der Waals surface area (Å²) in [6.45, 7) is -0.820. The molecule has 0 radical (unpaired) electrons. The molecule has 6 aliphatic rings. The van der Waals surface area contributed by atoms with E-state index >= 15 is 0 Å². The number of allylic oxidation sites excluding steroid dienone is 3. The van der Waals surface area contributed by atoms with Crippen molar-refractivity contribution in [1.82, 2.24) is 21.3 Å². The topological polar surface area (TPSA) is 686 Å². The second kappa shape index (κ2) is 60.9. The van der Waals surface area contributed by atoms with Gasteiger partial charge in [0.1, 0.15) is 134 Å². The Morgan fingerprint density at radius 2 is 0.744 bits per heavy atom. The van der Waals surface area contributed by atoms with Crippen molar-refractivity contribution in [3.63, 3.8) is 0 Å². The SMILES string of the molecule is CCCCCCCC/C=C\CCCCCCCCCCCCCC(=O)N[C@@H](CO[C@@H]1O[C@H](CO)[C@@H](O[C@@H]2O[C@H](CO)[C@H](O[C@@H]3O[C@H](CO)[C@H](O)[C@H](O[C@@H]4O[C@H](CO)[C@H](O)[C@H](O[C@]5(C(=O)O)C[C@H](O)[C@@H](NC(C)=O)[C@H]([C@H](O)[C@H](O)CO)O5)[C@H]4O)[C@H]3NC(C)=O)[C@H](O[C@]3(C(=O)O)C[C@H](O)[C@@H](NC(C)=O)[C@H]([C@H](O)[C@H](O)CO)O3)[C@H]2O)[C@H](O)[C@H]1O)[C@H](O)/C=C/CCCCCCCCCCCCC. The Labute approximate surface area is 777 Å². The maximum atomic E-state index is 14.1. The number of carbonyl (C=O) groups is 6. The van der Waals surface area contributed by atoms with Gasteiger partial charge < -0.3 is 185 Å². The number of carbonyl (C=O) groups excluding carboxylic acids is 4. The lowest BCUT2D eigenvalue weighted by Crippen LogP contribution is -2.72. The lowest BCUT2D eigenvalue weighted by Gasteiger charge is -2.53. The van der Waals surface area contributed by atoms with Crippen LogP contribution in [-0.4, -0.2) is 396 Å². The van der Waals surface area contributed by atoms with Gasteiger partial charge in [0.25, 0.3) is 11.6 Å². The van der Waals surface area contributed by atoms with Gasteiger partial charge in [0.15, 0.2) is 25.2 Å². The average molecular weight is 1920 g/mol. The van der Waals surface area contributed by atoms with Crippen LogP contribution in [0.5, 0.6) is 0 Å². The number of nitrogens with one attached hydrogen (secondary N) is 4. The molecule has 0 aliphatic carbocycles. The molecule has 6 saturated heterocycles. The van der Waals surface area contributed by atoms with Crippen LogP contribution in [-0.2, 0) is 85.6 Å². The lowest BCUT2D eigenvalue weighted by molar-refractivity contribution is -0.405. The highest BCUT2D eigenvalue weighted by Gasteiger charge is 2.64. The maximum Gasteiger partial charge on any atom is 0.364 e. The van der Waals surface area contributed by atoms with Crippen LogP contribution in [0.2, 0.25) is 0 Å². The fraction of sp³-hybridized carbons (Fsp3) is 0.889. The first-order chi connectivity index (χ1) is 63.6. The van der Waals surface area contributed by atoms with E-state index in [1.165, 1.54) is 109 Å². The number of aliphatic hydroxyl groups is 19. The molecule has 0 saturated carbocycles. The van der Waals surface area contributed by atoms with Gasteiger partial charge in [0, 0.05) is 40.0 Å². The first-order valence-electron chi connectivity index (χ1n) is 47.9. The van der Waals surface area contributed by atoms with Crippen LogP contribution in [0.25, 0.3) is 0 Å². The molecule has 0 aromatic rings. The lowest BCUT2D eigenvalue weighted by atomic mass is 9.88. The monoisotopic (exact) mass is 1920 g/mol. The molecule has 6 fully saturated rings. The molecule has 0 bridgehead atoms. The predicted octanol–water partition coefficient (Wildman–Crippen LogP) is -1.75. The van der Waals surface area contributed by atoms with E-state index in [2.05, 4.69) is 47.3 Å². The average Bonchev–Trinajstić information content (AvgIpc) is 0.752. The molecule has 0 aromatic carbocycles. The zero-order chi connectivity index (χ0) is 98.1. The Bertz CT molecular complexity index is 3360. The summed E-state index contributed by atoms with van der Waals surface area (Å²) in [6.07, 6.45) is -22.9. The molecular formula is C90H158N4O39. The standard InChI is InChI=1S/C90H158N4O39/c1-6-8-10-12-14-16-18-20-21-22-23-24-25-26-27-29-31-33-35-37-39-41-64(109)94-54(55(104)40-38-36-34-32-30-28-19-17-15-13-11-9-7-2)50-122-84-73(115)72(114)76(62(48-99)125-84)127-86-75(117)82(133-90(88(120)121)43-57(106)66(92-52(4)102)80(131-90)69(111)59(108)45-96)77(63(49-100)126-86)128-83-67(93-53(5)103)78(70(112)60(46-97)123-83)129-85-74(116)81(71(113)61(47-98)124-85)132-89(87(118)119)42-56(105)65(91-51(3)101)79(130-89)68(110)58(107)44-95/h20-21,38,40,54-63,65-86,95-100,104-108,110-117H,6-19,22-37,39,41-50H2,1-5H3,(H,91,101)(H,92,102)(H,93,103)(H,94,109)(H,118,119)(H,120,121)/b21-20-,40-38+/t54-,55+,56-,57-,58+,59+,60+,61+,62+,63+,65+,66+,67+,68+,69+,70-,71-,72+,73+,74+,75+,76+,77-,78+,79+,80+,81-,82+,83-,84+,85-,86-,89-,90-/m0/s1. The third kappa shape index (κ3) is 35.7. The maximum absolute atomic E-state index is 14.1. The van der Waals surface area contributed by atoms with E-state index in [-0.39, 0.29) is 6.42 Å². The number of carboxylic acids is 2. The highest BCUT2D eigenvalue weighted by atomic mass is 16.8. The van der Waals surface area contributed by atoms with Gasteiger partial charge in [0.05, 0.1) is 82.7 Å². The van der Waals surface area contributed by atoms with Gasteiger partial charge in [-0.25, -0.2) is 9.59 Å². The zero-order valence-electron chi connectivity index (χ0n) is 77.5. The zero-order valence-corrected chi connectivity index (χ0v) is 77.5. The highest BCUT2D eigenvalue weighted by molar-refractivity contribution is 5.78. The van der Waals surface area contributed by atoms with Gasteiger partial charge in [-0.05, 0) is 44.9 Å². The molecule has 133 heavy (non-hydrogen) atoms. The summed E-state index contributed by atoms with van der Waals surface area (Å²) in [5, 5.41) is 248. The van der Waals surface area contributed by atoms with Crippen LogP contribution in [0.1, 0.15) is 253 Å². The van der Waals surface area contributed by atoms with E-state index in [1.807, 2.05) is 0 Å². The van der Waals surface area contributed by atoms with E-state index in [0.717, 1.165) is 104 Å². The summed E-state index contributed by atoms with van der Waals surface area (Å²) in [5.74, 6) is -14.5. The summed E-state index contributed by atoms with van der Waals surface area (Å²) < 4.78 is 72.5. The van der Waals surface area contributed by atoms with Gasteiger partial charge in [-0.1, -0.05) is 192 Å². The molecule has 25 N–H and O–H groups in total. The first-order valence-corrected chi connectivity index (χ1v) is 47.9. The number of rotatable bonds is 64. The van der Waals surface area contributed by atoms with E-state index in [9.17, 15) is 136 Å². The van der Waals surface area contributed by atoms with Crippen molar-refractivity contribution in [1.29, 1.82) is 0 Å². The number of aliphatic hydroxyl groups excluding tert-OH is 19. The van der Waals surface area contributed by atoms with Crippen molar-refractivity contribution in [3.8, 4) is 0 Å². The summed E-state index contributed by atoms with van der Waals surface area (Å²) >= 11 is 0. The fourth-order valence-electron chi connectivity index (χ4n) is 17.7. The molecule has 772 valence electrons. The molecule has 6 aliphatic heterocycles. The predicted molar refractivity (Wildman–Crippen MR) is 467 cm³/mol. The van der Waals surface area contributed by atoms with Crippen molar-refractivity contribution in [2.24, 2.45) is 0 Å². The van der Waals surface area contributed by atoms with Gasteiger partial charge in [0.2, 0.25) is 23.6 Å². The van der Waals surface area contributed by atoms with Gasteiger partial charge >= 0.3 is 11.9 Å². The van der Waals surface area contributed by atoms with E-state index in [1.54, 1.807) is 6.08 Å². The Morgan fingerprint density at radius 1 is 0.391 bits per heavy atom. The highest BCUT2D eigenvalue weighted by Crippen LogP contribution is 2.43. The number of carboxylic acid groups (broad SMARTS) is 2. The van der Waals surface area contributed by atoms with Crippen molar-refractivity contribution in [2.45, 2.75) is 460 Å². The van der Waals surface area contributed by atoms with Gasteiger partial charge in [-0.2, -0.15) is 0 Å². The van der Waals surface area contributed by atoms with Crippen LogP contribution in [0, 0.1) is 0 Å². The number of hydrogen-bond acceptors (Lipinski definition) is 37. The fourth-order valence-corrected chi connectivity index (χ4v) is 17.7. The quantitative estimate of drug-likeness (QED) is 0.0237. The van der Waals surface area contributed by atoms with Gasteiger partial charge in [-0.3, -0.25) is 19.2 Å². The molecular weight excluding hydrogens is 1760 g/mol. The van der Waals surface area contributed by atoms with E-state index < -0.39 is 302 Å². The van der Waals surface area contributed by atoms with Crippen LogP contribution in [0.15, 0.2) is 24.3 Å².